The van der Waals surface area contributed by atoms with Crippen molar-refractivity contribution in [1.82, 2.24) is 10.6 Å². The summed E-state index contributed by atoms with van der Waals surface area (Å²) in [5, 5.41) is 6.29. The van der Waals surface area contributed by atoms with Gasteiger partial charge in [-0.1, -0.05) is 18.2 Å². The van der Waals surface area contributed by atoms with Crippen LogP contribution in [0, 0.1) is 0 Å². The van der Waals surface area contributed by atoms with Gasteiger partial charge < -0.3 is 15.4 Å². The summed E-state index contributed by atoms with van der Waals surface area (Å²) in [7, 11) is -2.70. The fraction of sp³-hybridized carbons (Fsp3) is 0.333. The Kier molecular flexibility index (Phi) is 5.55. The van der Waals surface area contributed by atoms with E-state index in [2.05, 4.69) is 10.6 Å². The number of benzene rings is 2. The predicted molar refractivity (Wildman–Crippen MR) is 93.5 cm³/mol. The Morgan fingerprint density at radius 1 is 1.15 bits per heavy atom. The minimum atomic E-state index is -4.12. The fourth-order valence-corrected chi connectivity index (χ4v) is 4.64. The molecule has 26 heavy (non-hydrogen) atoms. The first-order valence-corrected chi connectivity index (χ1v) is 9.67. The number of rotatable bonds is 5. The molecule has 3 rings (SSSR count). The molecule has 0 aromatic heterocycles. The number of halogens is 2. The summed E-state index contributed by atoms with van der Waals surface area (Å²) < 4.78 is 58.9. The molecule has 1 unspecified atom stereocenters. The molecule has 0 saturated carbocycles. The number of sulfone groups is 1. The van der Waals surface area contributed by atoms with Crippen LogP contribution in [0.4, 0.5) is 8.78 Å². The molecular weight excluding hydrogens is 362 g/mol. The van der Waals surface area contributed by atoms with Crippen molar-refractivity contribution in [2.24, 2.45) is 0 Å². The Hall–Kier alpha value is -2.03. The third-order valence-corrected chi connectivity index (χ3v) is 6.19. The van der Waals surface area contributed by atoms with Gasteiger partial charge >= 0.3 is 0 Å². The number of hydrogen-bond acceptors (Lipinski definition) is 5. The molecule has 2 aromatic rings. The van der Waals surface area contributed by atoms with Crippen molar-refractivity contribution in [3.05, 3.63) is 53.6 Å². The number of piperazine rings is 1. The average Bonchev–Trinajstić information content (AvgIpc) is 2.68. The van der Waals surface area contributed by atoms with Gasteiger partial charge in [0.1, 0.15) is 5.75 Å². The molecule has 1 fully saturated rings. The van der Waals surface area contributed by atoms with Crippen LogP contribution in [0.5, 0.6) is 5.75 Å². The summed E-state index contributed by atoms with van der Waals surface area (Å²) in [6.45, 7) is 1.82. The van der Waals surface area contributed by atoms with Crippen LogP contribution in [0.15, 0.2) is 52.3 Å². The van der Waals surface area contributed by atoms with E-state index in [0.29, 0.717) is 24.4 Å². The summed E-state index contributed by atoms with van der Waals surface area (Å²) in [5.74, 6) is 0.346. The molecule has 8 heteroatoms. The molecule has 0 amide bonds. The van der Waals surface area contributed by atoms with Gasteiger partial charge in [0.25, 0.3) is 6.43 Å². The topological polar surface area (TPSA) is 67.4 Å². The largest absolute Gasteiger partial charge is 0.497 e. The number of nitrogens with one attached hydrogen (secondary N) is 2. The van der Waals surface area contributed by atoms with Crippen LogP contribution in [-0.2, 0) is 9.84 Å². The Bertz CT molecular complexity index is 882. The van der Waals surface area contributed by atoms with Crippen molar-refractivity contribution in [1.29, 1.82) is 0 Å². The van der Waals surface area contributed by atoms with Gasteiger partial charge in [-0.3, -0.25) is 0 Å². The summed E-state index contributed by atoms with van der Waals surface area (Å²) in [6.07, 6.45) is -2.91. The molecule has 1 heterocycles. The van der Waals surface area contributed by atoms with Crippen molar-refractivity contribution in [2.75, 3.05) is 26.7 Å². The van der Waals surface area contributed by atoms with Crippen LogP contribution in [-0.4, -0.2) is 35.2 Å². The Labute approximate surface area is 151 Å². The molecule has 2 N–H and O–H groups in total. The van der Waals surface area contributed by atoms with E-state index in [9.17, 15) is 17.2 Å². The van der Waals surface area contributed by atoms with Gasteiger partial charge in [-0.25, -0.2) is 17.2 Å². The first kappa shape index (κ1) is 18.8. The highest BCUT2D eigenvalue weighted by atomic mass is 32.2. The maximum Gasteiger partial charge on any atom is 0.265 e. The van der Waals surface area contributed by atoms with Crippen molar-refractivity contribution in [3.8, 4) is 5.75 Å². The first-order chi connectivity index (χ1) is 12.4. The lowest BCUT2D eigenvalue weighted by atomic mass is 9.99. The number of methoxy groups -OCH3 is 1. The second-order valence-electron chi connectivity index (χ2n) is 5.95. The van der Waals surface area contributed by atoms with Gasteiger partial charge in [0, 0.05) is 31.2 Å². The van der Waals surface area contributed by atoms with Gasteiger partial charge in [0.2, 0.25) is 9.84 Å². The molecule has 0 radical (unpaired) electrons. The number of hydrogen-bond donors (Lipinski definition) is 2. The van der Waals surface area contributed by atoms with E-state index in [1.807, 2.05) is 0 Å². The molecule has 0 bridgehead atoms. The standard InChI is InChI=1S/C18H20F2N2O3S/c1-25-12-4-2-5-13(10-12)26(23,24)16-7-3-6-14(17(16)18(19)20)15-11-21-8-9-22-15/h2-7,10,15,18,21-22H,8-9,11H2,1H3. The lowest BCUT2D eigenvalue weighted by Gasteiger charge is -2.27. The average molecular weight is 382 g/mol. The number of ether oxygens (including phenoxy) is 1. The van der Waals surface area contributed by atoms with Crippen molar-refractivity contribution in [2.45, 2.75) is 22.3 Å². The summed E-state index contributed by atoms with van der Waals surface area (Å²) in [5.41, 5.74) is -0.146. The first-order valence-electron chi connectivity index (χ1n) is 8.19. The molecule has 1 saturated heterocycles. The van der Waals surface area contributed by atoms with E-state index in [-0.39, 0.29) is 15.8 Å². The monoisotopic (exact) mass is 382 g/mol. The molecule has 1 aliphatic heterocycles. The lowest BCUT2D eigenvalue weighted by molar-refractivity contribution is 0.145. The minimum absolute atomic E-state index is 0.0781. The molecule has 5 nitrogen and oxygen atoms in total. The highest BCUT2D eigenvalue weighted by Gasteiger charge is 2.30. The predicted octanol–water partition coefficient (Wildman–Crippen LogP) is 2.70. The van der Waals surface area contributed by atoms with Crippen molar-refractivity contribution < 1.29 is 21.9 Å². The van der Waals surface area contributed by atoms with Gasteiger partial charge in [-0.15, -0.1) is 0 Å². The normalized spacial score (nSPS) is 18.1. The fourth-order valence-electron chi connectivity index (χ4n) is 3.10. The van der Waals surface area contributed by atoms with Crippen LogP contribution >= 0.6 is 0 Å². The van der Waals surface area contributed by atoms with Crippen LogP contribution in [0.3, 0.4) is 0 Å². The maximum absolute atomic E-state index is 13.9. The van der Waals surface area contributed by atoms with E-state index in [1.165, 1.54) is 37.4 Å². The summed E-state index contributed by atoms with van der Waals surface area (Å²) >= 11 is 0. The Morgan fingerprint density at radius 2 is 1.92 bits per heavy atom. The van der Waals surface area contributed by atoms with Crippen LogP contribution < -0.4 is 15.4 Å². The number of alkyl halides is 2. The van der Waals surface area contributed by atoms with E-state index in [0.717, 1.165) is 6.54 Å². The van der Waals surface area contributed by atoms with Crippen molar-refractivity contribution >= 4 is 9.84 Å². The zero-order valence-corrected chi connectivity index (χ0v) is 15.0. The Morgan fingerprint density at radius 3 is 2.58 bits per heavy atom. The quantitative estimate of drug-likeness (QED) is 0.832. The van der Waals surface area contributed by atoms with Gasteiger partial charge in [-0.05, 0) is 29.8 Å². The maximum atomic E-state index is 13.9. The molecule has 0 aliphatic carbocycles. The van der Waals surface area contributed by atoms with E-state index in [4.69, 9.17) is 4.74 Å². The molecule has 140 valence electrons. The third-order valence-electron chi connectivity index (χ3n) is 4.38. The molecule has 1 aliphatic rings. The second-order valence-corrected chi connectivity index (χ2v) is 7.87. The van der Waals surface area contributed by atoms with E-state index in [1.54, 1.807) is 12.1 Å². The van der Waals surface area contributed by atoms with E-state index < -0.39 is 21.8 Å². The summed E-state index contributed by atoms with van der Waals surface area (Å²) in [6, 6.07) is 9.74. The van der Waals surface area contributed by atoms with E-state index >= 15 is 0 Å². The van der Waals surface area contributed by atoms with Crippen LogP contribution in [0.2, 0.25) is 0 Å². The lowest BCUT2D eigenvalue weighted by Crippen LogP contribution is -2.43. The zero-order valence-electron chi connectivity index (χ0n) is 14.2. The molecular formula is C18H20F2N2O3S. The SMILES string of the molecule is COc1cccc(S(=O)(=O)c2cccc(C3CNCCN3)c2C(F)F)c1. The highest BCUT2D eigenvalue weighted by Crippen LogP contribution is 2.36. The van der Waals surface area contributed by atoms with Gasteiger partial charge in [0.05, 0.1) is 16.9 Å². The third kappa shape index (κ3) is 3.58. The minimum Gasteiger partial charge on any atom is -0.497 e. The van der Waals surface area contributed by atoms with Crippen LogP contribution in [0.1, 0.15) is 23.6 Å². The highest BCUT2D eigenvalue weighted by molar-refractivity contribution is 7.91. The molecule has 2 aromatic carbocycles. The second kappa shape index (κ2) is 7.69. The van der Waals surface area contributed by atoms with Gasteiger partial charge in [0.15, 0.2) is 0 Å². The van der Waals surface area contributed by atoms with Gasteiger partial charge in [-0.2, -0.15) is 0 Å². The molecule has 0 spiro atoms. The Balaban J connectivity index is 2.14. The molecule has 1 atom stereocenters. The van der Waals surface area contributed by atoms with Crippen molar-refractivity contribution in [3.63, 3.8) is 0 Å². The zero-order chi connectivity index (χ0) is 18.7. The smallest absolute Gasteiger partial charge is 0.265 e. The summed E-state index contributed by atoms with van der Waals surface area (Å²) in [4.78, 5) is -0.448. The van der Waals surface area contributed by atoms with Crippen LogP contribution in [0.25, 0.3) is 0 Å².